The van der Waals surface area contributed by atoms with Gasteiger partial charge in [0.15, 0.2) is 0 Å². The largest absolute Gasteiger partial charge is 0.313 e. The molecule has 1 aromatic rings. The van der Waals surface area contributed by atoms with Crippen LogP contribution in [-0.2, 0) is 6.42 Å². The van der Waals surface area contributed by atoms with Crippen LogP contribution in [0.25, 0.3) is 0 Å². The number of likely N-dealkylation sites (tertiary alicyclic amines) is 1. The second kappa shape index (κ2) is 5.19. The molecule has 1 N–H and O–H groups in total. The molecule has 0 aliphatic carbocycles. The lowest BCUT2D eigenvalue weighted by Gasteiger charge is -2.29. The van der Waals surface area contributed by atoms with E-state index in [0.717, 1.165) is 0 Å². The molecule has 0 amide bonds. The summed E-state index contributed by atoms with van der Waals surface area (Å²) in [6.45, 7) is 4.60. The molecular formula is C15H24N2. The Hall–Kier alpha value is -0.860. The van der Waals surface area contributed by atoms with E-state index in [9.17, 15) is 0 Å². The predicted molar refractivity (Wildman–Crippen MR) is 73.4 cm³/mol. The van der Waals surface area contributed by atoms with Gasteiger partial charge >= 0.3 is 0 Å². The van der Waals surface area contributed by atoms with Crippen molar-refractivity contribution in [2.45, 2.75) is 31.7 Å². The van der Waals surface area contributed by atoms with E-state index in [4.69, 9.17) is 0 Å². The fraction of sp³-hybridized carbons (Fsp3) is 0.600. The third-order valence-corrected chi connectivity index (χ3v) is 4.21. The van der Waals surface area contributed by atoms with Crippen molar-refractivity contribution in [1.29, 1.82) is 0 Å². The molecule has 0 spiro atoms. The van der Waals surface area contributed by atoms with E-state index in [-0.39, 0.29) is 0 Å². The second-order valence-corrected chi connectivity index (χ2v) is 5.44. The Morgan fingerprint density at radius 1 is 1.35 bits per heavy atom. The van der Waals surface area contributed by atoms with Crippen LogP contribution in [0.15, 0.2) is 24.3 Å². The Bertz CT molecular complexity index is 375. The van der Waals surface area contributed by atoms with Gasteiger partial charge in [0, 0.05) is 12.1 Å². The maximum absolute atomic E-state index is 3.56. The van der Waals surface area contributed by atoms with Crippen molar-refractivity contribution in [2.24, 2.45) is 0 Å². The second-order valence-electron chi connectivity index (χ2n) is 5.44. The van der Waals surface area contributed by atoms with Crippen LogP contribution in [0.1, 0.15) is 24.0 Å². The number of nitrogens with zero attached hydrogens (tertiary/aromatic N) is 1. The molecule has 2 rings (SSSR count). The van der Waals surface area contributed by atoms with Gasteiger partial charge in [-0.2, -0.15) is 0 Å². The third kappa shape index (κ3) is 2.88. The Kier molecular flexibility index (Phi) is 3.85. The van der Waals surface area contributed by atoms with Crippen LogP contribution in [-0.4, -0.2) is 37.6 Å². The SMILES string of the molecule is CNC1(CCc2ccccc2C)CCN(C)C1. The van der Waals surface area contributed by atoms with E-state index in [1.165, 1.54) is 43.5 Å². The lowest BCUT2D eigenvalue weighted by atomic mass is 9.89. The van der Waals surface area contributed by atoms with Crippen LogP contribution in [0.4, 0.5) is 0 Å². The molecule has 1 saturated heterocycles. The van der Waals surface area contributed by atoms with Crippen LogP contribution in [0, 0.1) is 6.92 Å². The molecule has 0 bridgehead atoms. The number of nitrogens with one attached hydrogen (secondary N) is 1. The molecule has 1 aliphatic heterocycles. The van der Waals surface area contributed by atoms with E-state index in [1.54, 1.807) is 0 Å². The van der Waals surface area contributed by atoms with E-state index in [2.05, 4.69) is 55.5 Å². The van der Waals surface area contributed by atoms with Gasteiger partial charge < -0.3 is 10.2 Å². The van der Waals surface area contributed by atoms with E-state index >= 15 is 0 Å². The molecule has 2 nitrogen and oxygen atoms in total. The molecule has 2 heteroatoms. The molecule has 0 aromatic heterocycles. The maximum atomic E-state index is 3.56. The van der Waals surface area contributed by atoms with Crippen LogP contribution < -0.4 is 5.32 Å². The number of hydrogen-bond acceptors (Lipinski definition) is 2. The quantitative estimate of drug-likeness (QED) is 0.856. The van der Waals surface area contributed by atoms with E-state index < -0.39 is 0 Å². The molecule has 1 unspecified atom stereocenters. The van der Waals surface area contributed by atoms with Crippen LogP contribution >= 0.6 is 0 Å². The standard InChI is InChI=1S/C15H24N2/c1-13-6-4-5-7-14(13)8-9-15(16-2)10-11-17(3)12-15/h4-7,16H,8-12H2,1-3H3. The first-order valence-electron chi connectivity index (χ1n) is 6.57. The number of benzene rings is 1. The van der Waals surface area contributed by atoms with Gasteiger partial charge in [0.1, 0.15) is 0 Å². The number of likely N-dealkylation sites (N-methyl/N-ethyl adjacent to an activating group) is 2. The van der Waals surface area contributed by atoms with Crippen molar-refractivity contribution in [2.75, 3.05) is 27.2 Å². The van der Waals surface area contributed by atoms with E-state index in [1.807, 2.05) is 0 Å². The zero-order valence-electron chi connectivity index (χ0n) is 11.3. The van der Waals surface area contributed by atoms with Crippen molar-refractivity contribution in [1.82, 2.24) is 10.2 Å². The van der Waals surface area contributed by atoms with Crippen molar-refractivity contribution >= 4 is 0 Å². The minimum Gasteiger partial charge on any atom is -0.313 e. The number of hydrogen-bond donors (Lipinski definition) is 1. The summed E-state index contributed by atoms with van der Waals surface area (Å²) in [6, 6.07) is 8.74. The van der Waals surface area contributed by atoms with Crippen LogP contribution in [0.2, 0.25) is 0 Å². The minimum absolute atomic E-state index is 0.330. The lowest BCUT2D eigenvalue weighted by molar-refractivity contribution is 0.310. The molecule has 1 aromatic carbocycles. The smallest absolute Gasteiger partial charge is 0.0321 e. The highest BCUT2D eigenvalue weighted by atomic mass is 15.2. The van der Waals surface area contributed by atoms with Gasteiger partial charge in [-0.15, -0.1) is 0 Å². The number of aryl methyl sites for hydroxylation is 2. The summed E-state index contributed by atoms with van der Waals surface area (Å²) in [5.74, 6) is 0. The first-order chi connectivity index (χ1) is 8.15. The molecule has 1 heterocycles. The highest BCUT2D eigenvalue weighted by Crippen LogP contribution is 2.25. The monoisotopic (exact) mass is 232 g/mol. The van der Waals surface area contributed by atoms with E-state index in [0.29, 0.717) is 5.54 Å². The Morgan fingerprint density at radius 2 is 2.12 bits per heavy atom. The fourth-order valence-corrected chi connectivity index (χ4v) is 2.88. The van der Waals surface area contributed by atoms with Gasteiger partial charge in [-0.3, -0.25) is 0 Å². The number of rotatable bonds is 4. The minimum atomic E-state index is 0.330. The van der Waals surface area contributed by atoms with Crippen LogP contribution in [0.5, 0.6) is 0 Å². The predicted octanol–water partition coefficient (Wildman–Crippen LogP) is 2.22. The normalized spacial score (nSPS) is 25.4. The van der Waals surface area contributed by atoms with Crippen molar-refractivity contribution in [3.63, 3.8) is 0 Å². The average molecular weight is 232 g/mol. The lowest BCUT2D eigenvalue weighted by Crippen LogP contribution is -2.45. The van der Waals surface area contributed by atoms with Gasteiger partial charge in [0.2, 0.25) is 0 Å². The molecule has 1 fully saturated rings. The highest BCUT2D eigenvalue weighted by molar-refractivity contribution is 5.26. The molecule has 0 radical (unpaired) electrons. The summed E-state index contributed by atoms with van der Waals surface area (Å²) in [5.41, 5.74) is 3.25. The Balaban J connectivity index is 1.99. The summed E-state index contributed by atoms with van der Waals surface area (Å²) in [6.07, 6.45) is 3.69. The first-order valence-corrected chi connectivity index (χ1v) is 6.57. The summed E-state index contributed by atoms with van der Waals surface area (Å²) < 4.78 is 0. The third-order valence-electron chi connectivity index (χ3n) is 4.21. The Labute approximate surface area is 105 Å². The summed E-state index contributed by atoms with van der Waals surface area (Å²) in [5, 5.41) is 3.56. The topological polar surface area (TPSA) is 15.3 Å². The van der Waals surface area contributed by atoms with Gasteiger partial charge in [-0.25, -0.2) is 0 Å². The van der Waals surface area contributed by atoms with Crippen molar-refractivity contribution in [3.05, 3.63) is 35.4 Å². The summed E-state index contributed by atoms with van der Waals surface area (Å²) in [7, 11) is 4.32. The molecule has 0 saturated carbocycles. The molecule has 1 atom stereocenters. The maximum Gasteiger partial charge on any atom is 0.0321 e. The molecular weight excluding hydrogens is 208 g/mol. The fourth-order valence-electron chi connectivity index (χ4n) is 2.88. The molecule has 17 heavy (non-hydrogen) atoms. The van der Waals surface area contributed by atoms with Gasteiger partial charge in [-0.05, 0) is 58.0 Å². The summed E-state index contributed by atoms with van der Waals surface area (Å²) in [4.78, 5) is 2.42. The summed E-state index contributed by atoms with van der Waals surface area (Å²) >= 11 is 0. The molecule has 1 aliphatic rings. The van der Waals surface area contributed by atoms with Gasteiger partial charge in [-0.1, -0.05) is 24.3 Å². The van der Waals surface area contributed by atoms with Gasteiger partial charge in [0.25, 0.3) is 0 Å². The zero-order valence-corrected chi connectivity index (χ0v) is 11.3. The van der Waals surface area contributed by atoms with Gasteiger partial charge in [0.05, 0.1) is 0 Å². The van der Waals surface area contributed by atoms with Crippen molar-refractivity contribution in [3.8, 4) is 0 Å². The van der Waals surface area contributed by atoms with Crippen molar-refractivity contribution < 1.29 is 0 Å². The average Bonchev–Trinajstić information content (AvgIpc) is 2.71. The Morgan fingerprint density at radius 3 is 2.71 bits per heavy atom. The highest BCUT2D eigenvalue weighted by Gasteiger charge is 2.34. The molecule has 94 valence electrons. The van der Waals surface area contributed by atoms with Crippen LogP contribution in [0.3, 0.4) is 0 Å². The zero-order chi connectivity index (χ0) is 12.3. The first kappa shape index (κ1) is 12.6.